The molecule has 0 spiro atoms. The minimum atomic E-state index is -3.50. The molecule has 2 heterocycles. The van der Waals surface area contributed by atoms with Gasteiger partial charge in [-0.15, -0.1) is 11.3 Å². The predicted molar refractivity (Wildman–Crippen MR) is 119 cm³/mol. The third kappa shape index (κ3) is 4.33. The van der Waals surface area contributed by atoms with E-state index in [0.717, 1.165) is 22.8 Å². The van der Waals surface area contributed by atoms with Gasteiger partial charge in [0.15, 0.2) is 5.13 Å². The zero-order valence-electron chi connectivity index (χ0n) is 16.1. The number of sulfonamides is 1. The Hall–Kier alpha value is -1.93. The normalized spacial score (nSPS) is 15.6. The van der Waals surface area contributed by atoms with Crippen LogP contribution in [0, 0.1) is 0 Å². The number of piperazine rings is 1. The molecule has 0 amide bonds. The molecule has 2 aromatic carbocycles. The van der Waals surface area contributed by atoms with Gasteiger partial charge in [0.05, 0.1) is 10.6 Å². The van der Waals surface area contributed by atoms with Crippen molar-refractivity contribution in [3.63, 3.8) is 0 Å². The van der Waals surface area contributed by atoms with Crippen LogP contribution in [0.5, 0.6) is 0 Å². The van der Waals surface area contributed by atoms with E-state index in [9.17, 15) is 8.42 Å². The van der Waals surface area contributed by atoms with Crippen molar-refractivity contribution in [1.29, 1.82) is 0 Å². The van der Waals surface area contributed by atoms with Gasteiger partial charge in [-0.05, 0) is 36.2 Å². The smallest absolute Gasteiger partial charge is 0.243 e. The Bertz CT molecular complexity index is 1070. The zero-order valence-corrected chi connectivity index (χ0v) is 18.5. The monoisotopic (exact) mass is 447 g/mol. The van der Waals surface area contributed by atoms with Crippen molar-refractivity contribution in [1.82, 2.24) is 9.29 Å². The minimum absolute atomic E-state index is 0.280. The Kier molecular flexibility index (Phi) is 5.92. The maximum atomic E-state index is 12.8. The van der Waals surface area contributed by atoms with Crippen LogP contribution in [0.2, 0.25) is 5.02 Å². The molecule has 3 aromatic rings. The first-order chi connectivity index (χ1) is 14.0. The summed E-state index contributed by atoms with van der Waals surface area (Å²) in [6.07, 6.45) is 1.02. The van der Waals surface area contributed by atoms with E-state index in [2.05, 4.69) is 41.5 Å². The molecule has 1 saturated heterocycles. The molecular formula is C21H22ClN3O2S2. The van der Waals surface area contributed by atoms with Crippen LogP contribution in [0.3, 0.4) is 0 Å². The molecule has 1 aliphatic heterocycles. The molecule has 0 atom stereocenters. The summed E-state index contributed by atoms with van der Waals surface area (Å²) in [6.45, 7) is 4.25. The number of rotatable bonds is 5. The van der Waals surface area contributed by atoms with E-state index >= 15 is 0 Å². The second kappa shape index (κ2) is 8.44. The van der Waals surface area contributed by atoms with Crippen LogP contribution >= 0.6 is 22.9 Å². The number of hydrogen-bond acceptors (Lipinski definition) is 5. The average molecular weight is 448 g/mol. The fourth-order valence-electron chi connectivity index (χ4n) is 3.33. The standard InChI is InChI=1S/C21H22ClN3O2S2/c1-2-16-3-5-17(6-4-16)20-15-28-21(23-20)24-11-13-25(14-12-24)29(26,27)19-9-7-18(22)8-10-19/h3-10,15H,2,11-14H2,1H3. The summed E-state index contributed by atoms with van der Waals surface area (Å²) in [5, 5.41) is 3.52. The van der Waals surface area contributed by atoms with E-state index in [4.69, 9.17) is 16.6 Å². The van der Waals surface area contributed by atoms with Crippen molar-refractivity contribution in [3.05, 3.63) is 64.5 Å². The number of halogens is 1. The van der Waals surface area contributed by atoms with Gasteiger partial charge in [-0.2, -0.15) is 4.31 Å². The summed E-state index contributed by atoms with van der Waals surface area (Å²) in [6, 6.07) is 14.8. The van der Waals surface area contributed by atoms with Crippen LogP contribution in [-0.4, -0.2) is 43.9 Å². The van der Waals surface area contributed by atoms with E-state index in [-0.39, 0.29) is 4.90 Å². The molecule has 0 N–H and O–H groups in total. The van der Waals surface area contributed by atoms with Crippen molar-refractivity contribution in [2.45, 2.75) is 18.2 Å². The molecule has 5 nitrogen and oxygen atoms in total. The highest BCUT2D eigenvalue weighted by atomic mass is 35.5. The molecule has 0 aliphatic carbocycles. The van der Waals surface area contributed by atoms with Gasteiger partial charge in [-0.1, -0.05) is 42.8 Å². The third-order valence-electron chi connectivity index (χ3n) is 5.11. The quantitative estimate of drug-likeness (QED) is 0.576. The first-order valence-corrected chi connectivity index (χ1v) is 12.2. The summed E-state index contributed by atoms with van der Waals surface area (Å²) < 4.78 is 27.2. The number of hydrogen-bond donors (Lipinski definition) is 0. The molecule has 1 fully saturated rings. The van der Waals surface area contributed by atoms with Crippen LogP contribution in [0.1, 0.15) is 12.5 Å². The summed E-state index contributed by atoms with van der Waals surface area (Å²) in [5.41, 5.74) is 3.37. The Labute approximate surface area is 180 Å². The molecule has 29 heavy (non-hydrogen) atoms. The molecule has 0 radical (unpaired) electrons. The number of nitrogens with zero attached hydrogens (tertiary/aromatic N) is 3. The summed E-state index contributed by atoms with van der Waals surface area (Å²) in [7, 11) is -3.50. The van der Waals surface area contributed by atoms with E-state index < -0.39 is 10.0 Å². The lowest BCUT2D eigenvalue weighted by atomic mass is 10.1. The highest BCUT2D eigenvalue weighted by Crippen LogP contribution is 2.29. The molecule has 0 bridgehead atoms. The first kappa shape index (κ1) is 20.3. The molecule has 0 unspecified atom stereocenters. The predicted octanol–water partition coefficient (Wildman–Crippen LogP) is 4.54. The van der Waals surface area contributed by atoms with E-state index in [1.807, 2.05) is 0 Å². The first-order valence-electron chi connectivity index (χ1n) is 9.53. The molecule has 4 rings (SSSR count). The van der Waals surface area contributed by atoms with E-state index in [1.165, 1.54) is 9.87 Å². The van der Waals surface area contributed by atoms with Crippen molar-refractivity contribution in [2.24, 2.45) is 0 Å². The maximum absolute atomic E-state index is 12.8. The zero-order chi connectivity index (χ0) is 20.4. The van der Waals surface area contributed by atoms with Gasteiger partial charge >= 0.3 is 0 Å². The third-order valence-corrected chi connectivity index (χ3v) is 8.18. The van der Waals surface area contributed by atoms with Gasteiger partial charge in [0, 0.05) is 42.1 Å². The largest absolute Gasteiger partial charge is 0.345 e. The SMILES string of the molecule is CCc1ccc(-c2csc(N3CCN(S(=O)(=O)c4ccc(Cl)cc4)CC3)n2)cc1. The Morgan fingerprint density at radius 3 is 2.28 bits per heavy atom. The van der Waals surface area contributed by atoms with E-state index in [1.54, 1.807) is 35.6 Å². The molecule has 8 heteroatoms. The Morgan fingerprint density at radius 2 is 1.66 bits per heavy atom. The summed E-state index contributed by atoms with van der Waals surface area (Å²) in [5.74, 6) is 0. The van der Waals surface area contributed by atoms with Gasteiger partial charge in [-0.25, -0.2) is 13.4 Å². The van der Waals surface area contributed by atoms with Crippen molar-refractivity contribution < 1.29 is 8.42 Å². The number of anilines is 1. The fraction of sp³-hybridized carbons (Fsp3) is 0.286. The van der Waals surface area contributed by atoms with E-state index in [0.29, 0.717) is 31.2 Å². The molecular weight excluding hydrogens is 426 g/mol. The highest BCUT2D eigenvalue weighted by Gasteiger charge is 2.29. The van der Waals surface area contributed by atoms with Crippen LogP contribution in [0.15, 0.2) is 58.8 Å². The van der Waals surface area contributed by atoms with Gasteiger partial charge in [0.25, 0.3) is 0 Å². The highest BCUT2D eigenvalue weighted by molar-refractivity contribution is 7.89. The Morgan fingerprint density at radius 1 is 1.00 bits per heavy atom. The second-order valence-electron chi connectivity index (χ2n) is 6.91. The van der Waals surface area contributed by atoms with Crippen molar-refractivity contribution in [2.75, 3.05) is 31.1 Å². The lowest BCUT2D eigenvalue weighted by Crippen LogP contribution is -2.48. The minimum Gasteiger partial charge on any atom is -0.345 e. The van der Waals surface area contributed by atoms with Crippen LogP contribution in [0.4, 0.5) is 5.13 Å². The van der Waals surface area contributed by atoms with Gasteiger partial charge in [0.2, 0.25) is 10.0 Å². The van der Waals surface area contributed by atoms with Gasteiger partial charge in [-0.3, -0.25) is 0 Å². The van der Waals surface area contributed by atoms with Crippen LogP contribution in [0.25, 0.3) is 11.3 Å². The number of aromatic nitrogens is 1. The number of aryl methyl sites for hydroxylation is 1. The molecule has 152 valence electrons. The lowest BCUT2D eigenvalue weighted by molar-refractivity contribution is 0.385. The van der Waals surface area contributed by atoms with Crippen LogP contribution < -0.4 is 4.90 Å². The van der Waals surface area contributed by atoms with Crippen LogP contribution in [-0.2, 0) is 16.4 Å². The second-order valence-corrected chi connectivity index (χ2v) is 10.1. The van der Waals surface area contributed by atoms with Crippen molar-refractivity contribution >= 4 is 38.1 Å². The number of thiazole rings is 1. The maximum Gasteiger partial charge on any atom is 0.243 e. The van der Waals surface area contributed by atoms with Crippen molar-refractivity contribution in [3.8, 4) is 11.3 Å². The molecule has 1 aromatic heterocycles. The summed E-state index contributed by atoms with van der Waals surface area (Å²) >= 11 is 7.47. The van der Waals surface area contributed by atoms with Gasteiger partial charge < -0.3 is 4.90 Å². The topological polar surface area (TPSA) is 53.5 Å². The lowest BCUT2D eigenvalue weighted by Gasteiger charge is -2.33. The fourth-order valence-corrected chi connectivity index (χ4v) is 5.77. The Balaban J connectivity index is 1.43. The molecule has 0 saturated carbocycles. The van der Waals surface area contributed by atoms with Gasteiger partial charge in [0.1, 0.15) is 0 Å². The summed E-state index contributed by atoms with van der Waals surface area (Å²) in [4.78, 5) is 7.21. The number of benzene rings is 2. The average Bonchev–Trinajstić information content (AvgIpc) is 3.24. The molecule has 1 aliphatic rings.